The SMILES string of the molecule is Cc1nc2c(c(=O)[nH]1)CN(Cc1nc(C)c(C)n1C)CC2. The minimum Gasteiger partial charge on any atom is -0.334 e. The maximum absolute atomic E-state index is 12.1. The van der Waals surface area contributed by atoms with Gasteiger partial charge in [-0.2, -0.15) is 0 Å². The zero-order valence-corrected chi connectivity index (χ0v) is 13.0. The van der Waals surface area contributed by atoms with Gasteiger partial charge < -0.3 is 9.55 Å². The van der Waals surface area contributed by atoms with Crippen LogP contribution in [0.5, 0.6) is 0 Å². The molecule has 1 aliphatic heterocycles. The van der Waals surface area contributed by atoms with Crippen molar-refractivity contribution < 1.29 is 0 Å². The van der Waals surface area contributed by atoms with Gasteiger partial charge in [-0.3, -0.25) is 9.69 Å². The highest BCUT2D eigenvalue weighted by molar-refractivity contribution is 5.21. The van der Waals surface area contributed by atoms with Gasteiger partial charge in [0.25, 0.3) is 5.56 Å². The molecule has 2 aromatic heterocycles. The molecule has 1 aliphatic rings. The van der Waals surface area contributed by atoms with Crippen molar-refractivity contribution >= 4 is 0 Å². The minimum absolute atomic E-state index is 0.00518. The van der Waals surface area contributed by atoms with Gasteiger partial charge in [0, 0.05) is 32.3 Å². The number of rotatable bonds is 2. The third-order valence-electron chi connectivity index (χ3n) is 4.34. The summed E-state index contributed by atoms with van der Waals surface area (Å²) in [4.78, 5) is 26.2. The Bertz CT molecular complexity index is 743. The van der Waals surface area contributed by atoms with Crippen molar-refractivity contribution in [1.82, 2.24) is 24.4 Å². The Labute approximate surface area is 123 Å². The molecule has 112 valence electrons. The summed E-state index contributed by atoms with van der Waals surface area (Å²) in [6, 6.07) is 0. The van der Waals surface area contributed by atoms with Crippen LogP contribution in [0.4, 0.5) is 0 Å². The molecule has 0 aromatic carbocycles. The van der Waals surface area contributed by atoms with Crippen LogP contribution in [0.15, 0.2) is 4.79 Å². The quantitative estimate of drug-likeness (QED) is 0.894. The smallest absolute Gasteiger partial charge is 0.255 e. The number of hydrogen-bond donors (Lipinski definition) is 1. The number of aromatic nitrogens is 4. The van der Waals surface area contributed by atoms with Crippen LogP contribution in [0, 0.1) is 20.8 Å². The van der Waals surface area contributed by atoms with Gasteiger partial charge in [0.15, 0.2) is 0 Å². The highest BCUT2D eigenvalue weighted by Gasteiger charge is 2.22. The summed E-state index contributed by atoms with van der Waals surface area (Å²) < 4.78 is 2.13. The molecule has 0 radical (unpaired) electrons. The zero-order valence-electron chi connectivity index (χ0n) is 13.0. The van der Waals surface area contributed by atoms with Gasteiger partial charge in [-0.15, -0.1) is 0 Å². The third kappa shape index (κ3) is 2.51. The van der Waals surface area contributed by atoms with E-state index in [1.54, 1.807) is 0 Å². The molecular weight excluding hydrogens is 266 g/mol. The minimum atomic E-state index is -0.00518. The highest BCUT2D eigenvalue weighted by Crippen LogP contribution is 2.17. The summed E-state index contributed by atoms with van der Waals surface area (Å²) >= 11 is 0. The number of nitrogens with one attached hydrogen (secondary N) is 1. The lowest BCUT2D eigenvalue weighted by Crippen LogP contribution is -2.36. The van der Waals surface area contributed by atoms with E-state index in [0.29, 0.717) is 12.4 Å². The fourth-order valence-electron chi connectivity index (χ4n) is 2.87. The number of aryl methyl sites for hydroxylation is 2. The molecule has 3 rings (SSSR count). The molecule has 0 atom stereocenters. The largest absolute Gasteiger partial charge is 0.334 e. The Balaban J connectivity index is 1.83. The maximum atomic E-state index is 12.1. The molecule has 0 amide bonds. The van der Waals surface area contributed by atoms with E-state index in [-0.39, 0.29) is 5.56 Å². The first-order valence-corrected chi connectivity index (χ1v) is 7.25. The monoisotopic (exact) mass is 287 g/mol. The van der Waals surface area contributed by atoms with Crippen LogP contribution >= 0.6 is 0 Å². The molecule has 0 spiro atoms. The van der Waals surface area contributed by atoms with Crippen LogP contribution in [0.2, 0.25) is 0 Å². The van der Waals surface area contributed by atoms with Crippen molar-refractivity contribution in [3.05, 3.63) is 44.6 Å². The summed E-state index contributed by atoms with van der Waals surface area (Å²) in [5.41, 5.74) is 4.00. The number of nitrogens with zero attached hydrogens (tertiary/aromatic N) is 4. The Kier molecular flexibility index (Phi) is 3.41. The van der Waals surface area contributed by atoms with E-state index in [1.165, 1.54) is 5.69 Å². The van der Waals surface area contributed by atoms with Gasteiger partial charge in [-0.05, 0) is 20.8 Å². The fraction of sp³-hybridized carbons (Fsp3) is 0.533. The highest BCUT2D eigenvalue weighted by atomic mass is 16.1. The lowest BCUT2D eigenvalue weighted by Gasteiger charge is -2.27. The predicted octanol–water partition coefficient (Wildman–Crippen LogP) is 0.987. The molecule has 0 fully saturated rings. The van der Waals surface area contributed by atoms with E-state index in [2.05, 4.69) is 31.3 Å². The van der Waals surface area contributed by atoms with Gasteiger partial charge in [0.1, 0.15) is 11.6 Å². The van der Waals surface area contributed by atoms with Gasteiger partial charge >= 0.3 is 0 Å². The predicted molar refractivity (Wildman–Crippen MR) is 80.1 cm³/mol. The van der Waals surface area contributed by atoms with Gasteiger partial charge in [0.2, 0.25) is 0 Å². The van der Waals surface area contributed by atoms with Crippen molar-refractivity contribution in [3.8, 4) is 0 Å². The third-order valence-corrected chi connectivity index (χ3v) is 4.34. The molecule has 0 aliphatic carbocycles. The van der Waals surface area contributed by atoms with E-state index < -0.39 is 0 Å². The lowest BCUT2D eigenvalue weighted by atomic mass is 10.1. The van der Waals surface area contributed by atoms with Crippen LogP contribution in [-0.2, 0) is 26.6 Å². The summed E-state index contributed by atoms with van der Waals surface area (Å²) in [6.45, 7) is 8.25. The molecule has 0 saturated heterocycles. The Morgan fingerprint density at radius 3 is 2.67 bits per heavy atom. The van der Waals surface area contributed by atoms with E-state index >= 15 is 0 Å². The van der Waals surface area contributed by atoms with Crippen LogP contribution in [0.3, 0.4) is 0 Å². The van der Waals surface area contributed by atoms with E-state index in [9.17, 15) is 4.79 Å². The summed E-state index contributed by atoms with van der Waals surface area (Å²) in [7, 11) is 2.04. The summed E-state index contributed by atoms with van der Waals surface area (Å²) in [5.74, 6) is 1.74. The van der Waals surface area contributed by atoms with Crippen molar-refractivity contribution in [2.45, 2.75) is 40.3 Å². The second kappa shape index (κ2) is 5.11. The molecule has 0 unspecified atom stereocenters. The van der Waals surface area contributed by atoms with Crippen molar-refractivity contribution in [2.24, 2.45) is 7.05 Å². The Morgan fingerprint density at radius 2 is 2.00 bits per heavy atom. The van der Waals surface area contributed by atoms with Crippen molar-refractivity contribution in [2.75, 3.05) is 6.54 Å². The molecular formula is C15H21N5O. The van der Waals surface area contributed by atoms with E-state index in [0.717, 1.165) is 42.3 Å². The fourth-order valence-corrected chi connectivity index (χ4v) is 2.87. The summed E-state index contributed by atoms with van der Waals surface area (Å²) in [6.07, 6.45) is 0.822. The van der Waals surface area contributed by atoms with Crippen LogP contribution in [0.1, 0.15) is 34.3 Å². The second-order valence-corrected chi connectivity index (χ2v) is 5.80. The van der Waals surface area contributed by atoms with Gasteiger partial charge in [-0.1, -0.05) is 0 Å². The standard InChI is InChI=1S/C15H21N5O/c1-9-10(2)19(4)14(16-9)8-20-6-5-13-12(7-20)15(21)18-11(3)17-13/h5-8H2,1-4H3,(H,17,18,21). The maximum Gasteiger partial charge on any atom is 0.255 e. The van der Waals surface area contributed by atoms with Crippen LogP contribution < -0.4 is 5.56 Å². The first-order chi connectivity index (χ1) is 9.95. The van der Waals surface area contributed by atoms with E-state index in [1.807, 2.05) is 20.9 Å². The number of H-pyrrole nitrogens is 1. The van der Waals surface area contributed by atoms with Gasteiger partial charge in [-0.25, -0.2) is 9.97 Å². The van der Waals surface area contributed by atoms with E-state index in [4.69, 9.17) is 0 Å². The molecule has 0 saturated carbocycles. The summed E-state index contributed by atoms with van der Waals surface area (Å²) in [5, 5.41) is 0. The lowest BCUT2D eigenvalue weighted by molar-refractivity contribution is 0.233. The van der Waals surface area contributed by atoms with Crippen LogP contribution in [0.25, 0.3) is 0 Å². The van der Waals surface area contributed by atoms with Crippen LogP contribution in [-0.4, -0.2) is 31.0 Å². The second-order valence-electron chi connectivity index (χ2n) is 5.80. The normalized spacial score (nSPS) is 15.2. The molecule has 0 bridgehead atoms. The first-order valence-electron chi connectivity index (χ1n) is 7.25. The Morgan fingerprint density at radius 1 is 1.24 bits per heavy atom. The zero-order chi connectivity index (χ0) is 15.1. The topological polar surface area (TPSA) is 66.8 Å². The van der Waals surface area contributed by atoms with Crippen molar-refractivity contribution in [3.63, 3.8) is 0 Å². The molecule has 1 N–H and O–H groups in total. The average Bonchev–Trinajstić information content (AvgIpc) is 2.67. The molecule has 2 aromatic rings. The Hall–Kier alpha value is -1.95. The molecule has 3 heterocycles. The van der Waals surface area contributed by atoms with Crippen molar-refractivity contribution in [1.29, 1.82) is 0 Å². The molecule has 6 heteroatoms. The average molecular weight is 287 g/mol. The molecule has 6 nitrogen and oxygen atoms in total. The number of imidazole rings is 1. The number of aromatic amines is 1. The van der Waals surface area contributed by atoms with Gasteiger partial charge in [0.05, 0.1) is 23.5 Å². The number of fused-ring (bicyclic) bond motifs is 1. The first kappa shape index (κ1) is 14.0. The number of hydrogen-bond acceptors (Lipinski definition) is 4. The molecule has 21 heavy (non-hydrogen) atoms.